The molecule has 146 valence electrons. The van der Waals surface area contributed by atoms with E-state index in [2.05, 4.69) is 5.32 Å². The highest BCUT2D eigenvalue weighted by Gasteiger charge is 2.29. The number of hydrogen-bond donors (Lipinski definition) is 1. The van der Waals surface area contributed by atoms with Crippen molar-refractivity contribution >= 4 is 15.9 Å². The van der Waals surface area contributed by atoms with Crippen LogP contribution in [0.5, 0.6) is 0 Å². The first kappa shape index (κ1) is 20.9. The Morgan fingerprint density at radius 3 is 2.50 bits per heavy atom. The van der Waals surface area contributed by atoms with Gasteiger partial charge in [-0.15, -0.1) is 0 Å². The Bertz CT molecular complexity index is 653. The molecule has 0 spiro atoms. The van der Waals surface area contributed by atoms with Gasteiger partial charge in [0.25, 0.3) is 0 Å². The van der Waals surface area contributed by atoms with E-state index < -0.39 is 10.0 Å². The van der Waals surface area contributed by atoms with Gasteiger partial charge in [-0.05, 0) is 51.2 Å². The highest BCUT2D eigenvalue weighted by molar-refractivity contribution is 7.89. The zero-order valence-corrected chi connectivity index (χ0v) is 16.5. The van der Waals surface area contributed by atoms with E-state index in [9.17, 15) is 13.2 Å². The van der Waals surface area contributed by atoms with E-state index in [4.69, 9.17) is 4.74 Å². The lowest BCUT2D eigenvalue weighted by Gasteiger charge is -2.31. The minimum absolute atomic E-state index is 0.0407. The van der Waals surface area contributed by atoms with Gasteiger partial charge in [-0.2, -0.15) is 4.31 Å². The third-order valence-corrected chi connectivity index (χ3v) is 6.44. The molecule has 1 N–H and O–H groups in total. The number of rotatable bonds is 9. The van der Waals surface area contributed by atoms with E-state index >= 15 is 0 Å². The molecule has 0 radical (unpaired) electrons. The molecule has 1 aromatic rings. The second kappa shape index (κ2) is 10.0. The van der Waals surface area contributed by atoms with E-state index in [1.807, 2.05) is 13.8 Å². The maximum atomic E-state index is 12.6. The van der Waals surface area contributed by atoms with Crippen LogP contribution in [0.1, 0.15) is 39.5 Å². The molecule has 1 saturated heterocycles. The lowest BCUT2D eigenvalue weighted by atomic mass is 9.94. The molecule has 1 aromatic carbocycles. The summed E-state index contributed by atoms with van der Waals surface area (Å²) in [5, 5.41) is 2.92. The van der Waals surface area contributed by atoms with Crippen LogP contribution in [0.3, 0.4) is 0 Å². The molecule has 1 heterocycles. The average Bonchev–Trinajstić information content (AvgIpc) is 2.62. The van der Waals surface area contributed by atoms with Crippen LogP contribution in [-0.4, -0.2) is 51.0 Å². The summed E-state index contributed by atoms with van der Waals surface area (Å²) in [4.78, 5) is 12.4. The van der Waals surface area contributed by atoms with E-state index in [-0.39, 0.29) is 17.9 Å². The van der Waals surface area contributed by atoms with Gasteiger partial charge < -0.3 is 10.1 Å². The van der Waals surface area contributed by atoms with Gasteiger partial charge in [0, 0.05) is 32.7 Å². The van der Waals surface area contributed by atoms with Crippen molar-refractivity contribution in [1.29, 1.82) is 0 Å². The lowest BCUT2D eigenvalue weighted by molar-refractivity contribution is -0.122. The van der Waals surface area contributed by atoms with Crippen molar-refractivity contribution in [3.05, 3.63) is 30.3 Å². The molecule has 0 saturated carbocycles. The molecule has 26 heavy (non-hydrogen) atoms. The van der Waals surface area contributed by atoms with Gasteiger partial charge in [0.05, 0.1) is 11.0 Å². The van der Waals surface area contributed by atoms with Crippen molar-refractivity contribution in [2.45, 2.75) is 50.5 Å². The predicted molar refractivity (Wildman–Crippen MR) is 101 cm³/mol. The van der Waals surface area contributed by atoms with Gasteiger partial charge in [0.15, 0.2) is 0 Å². The van der Waals surface area contributed by atoms with E-state index in [1.54, 1.807) is 30.3 Å². The maximum Gasteiger partial charge on any atom is 0.243 e. The Morgan fingerprint density at radius 1 is 1.23 bits per heavy atom. The van der Waals surface area contributed by atoms with Crippen molar-refractivity contribution in [3.8, 4) is 0 Å². The third-order valence-electron chi connectivity index (χ3n) is 4.52. The Kier molecular flexibility index (Phi) is 8.06. The molecule has 0 unspecified atom stereocenters. The normalized spacial score (nSPS) is 16.7. The van der Waals surface area contributed by atoms with Crippen LogP contribution in [0.2, 0.25) is 0 Å². The monoisotopic (exact) mass is 382 g/mol. The molecular formula is C19H30N2O4S. The average molecular weight is 383 g/mol. The number of ether oxygens (including phenoxy) is 1. The highest BCUT2D eigenvalue weighted by Crippen LogP contribution is 2.25. The summed E-state index contributed by atoms with van der Waals surface area (Å²) in [7, 11) is -3.42. The zero-order chi connectivity index (χ0) is 19.0. The molecule has 0 aliphatic carbocycles. The summed E-state index contributed by atoms with van der Waals surface area (Å²) in [6, 6.07) is 8.51. The first-order valence-corrected chi connectivity index (χ1v) is 10.8. The largest absolute Gasteiger partial charge is 0.379 e. The van der Waals surface area contributed by atoms with Crippen LogP contribution >= 0.6 is 0 Å². The van der Waals surface area contributed by atoms with Gasteiger partial charge in [0.1, 0.15) is 0 Å². The Labute approximate surface area is 157 Å². The predicted octanol–water partition coefficient (Wildman–Crippen LogP) is 2.41. The number of carbonyl (C=O) groups is 1. The van der Waals surface area contributed by atoms with Gasteiger partial charge in [-0.3, -0.25) is 4.79 Å². The van der Waals surface area contributed by atoms with Crippen molar-refractivity contribution in [3.63, 3.8) is 0 Å². The van der Waals surface area contributed by atoms with Crippen molar-refractivity contribution in [1.82, 2.24) is 9.62 Å². The van der Waals surface area contributed by atoms with E-state index in [0.29, 0.717) is 37.6 Å². The molecule has 2 rings (SSSR count). The molecule has 0 atom stereocenters. The fourth-order valence-electron chi connectivity index (χ4n) is 3.05. The fraction of sp³-hybridized carbons (Fsp3) is 0.632. The summed E-state index contributed by atoms with van der Waals surface area (Å²) in [6.45, 7) is 6.18. The smallest absolute Gasteiger partial charge is 0.243 e. The van der Waals surface area contributed by atoms with Crippen LogP contribution in [0.4, 0.5) is 0 Å². The topological polar surface area (TPSA) is 75.7 Å². The van der Waals surface area contributed by atoms with Crippen LogP contribution in [0.25, 0.3) is 0 Å². The van der Waals surface area contributed by atoms with Crippen molar-refractivity contribution in [2.75, 3.05) is 26.2 Å². The molecule has 1 amide bonds. The van der Waals surface area contributed by atoms with Crippen LogP contribution in [-0.2, 0) is 19.6 Å². The Balaban J connectivity index is 1.71. The molecule has 0 bridgehead atoms. The fourth-order valence-corrected chi connectivity index (χ4v) is 4.54. The molecule has 1 aliphatic heterocycles. The van der Waals surface area contributed by atoms with Gasteiger partial charge >= 0.3 is 0 Å². The third kappa shape index (κ3) is 6.37. The standard InChI is InChI=1S/C19H30N2O4S/c1-16(2)25-14-6-11-20-19(22)15-17-9-12-21(13-10-17)26(23,24)18-7-4-3-5-8-18/h3-5,7-8,16-17H,6,9-15H2,1-2H3,(H,20,22). The molecular weight excluding hydrogens is 352 g/mol. The number of hydrogen-bond acceptors (Lipinski definition) is 4. The summed E-state index contributed by atoms with van der Waals surface area (Å²) in [5.41, 5.74) is 0. The number of nitrogens with one attached hydrogen (secondary N) is 1. The summed E-state index contributed by atoms with van der Waals surface area (Å²) < 4.78 is 32.2. The highest BCUT2D eigenvalue weighted by atomic mass is 32.2. The van der Waals surface area contributed by atoms with Crippen LogP contribution in [0.15, 0.2) is 35.2 Å². The number of benzene rings is 1. The maximum absolute atomic E-state index is 12.6. The summed E-state index contributed by atoms with van der Waals surface area (Å²) in [6.07, 6.45) is 2.91. The molecule has 0 aromatic heterocycles. The molecule has 1 aliphatic rings. The quantitative estimate of drug-likeness (QED) is 0.666. The van der Waals surface area contributed by atoms with Gasteiger partial charge in [0.2, 0.25) is 15.9 Å². The minimum Gasteiger partial charge on any atom is -0.379 e. The first-order valence-electron chi connectivity index (χ1n) is 9.33. The summed E-state index contributed by atoms with van der Waals surface area (Å²) >= 11 is 0. The first-order chi connectivity index (χ1) is 12.4. The van der Waals surface area contributed by atoms with Gasteiger partial charge in [-0.25, -0.2) is 8.42 Å². The molecule has 7 heteroatoms. The minimum atomic E-state index is -3.42. The molecule has 1 fully saturated rings. The second-order valence-electron chi connectivity index (χ2n) is 6.99. The molecule has 6 nitrogen and oxygen atoms in total. The van der Waals surface area contributed by atoms with E-state index in [1.165, 1.54) is 4.31 Å². The Morgan fingerprint density at radius 2 is 1.88 bits per heavy atom. The van der Waals surface area contributed by atoms with Gasteiger partial charge in [-0.1, -0.05) is 18.2 Å². The zero-order valence-electron chi connectivity index (χ0n) is 15.7. The van der Waals surface area contributed by atoms with Crippen molar-refractivity contribution < 1.29 is 17.9 Å². The van der Waals surface area contributed by atoms with Crippen molar-refractivity contribution in [2.24, 2.45) is 5.92 Å². The number of amides is 1. The number of nitrogens with zero attached hydrogens (tertiary/aromatic N) is 1. The number of carbonyl (C=O) groups excluding carboxylic acids is 1. The van der Waals surface area contributed by atoms with E-state index in [0.717, 1.165) is 19.3 Å². The summed E-state index contributed by atoms with van der Waals surface area (Å²) in [5.74, 6) is 0.281. The Hall–Kier alpha value is -1.44. The van der Waals surface area contributed by atoms with Crippen LogP contribution in [0, 0.1) is 5.92 Å². The second-order valence-corrected chi connectivity index (χ2v) is 8.93. The lowest BCUT2D eigenvalue weighted by Crippen LogP contribution is -2.39. The SMILES string of the molecule is CC(C)OCCCNC(=O)CC1CCN(S(=O)(=O)c2ccccc2)CC1. The number of sulfonamides is 1. The van der Waals surface area contributed by atoms with Crippen LogP contribution < -0.4 is 5.32 Å². The number of piperidine rings is 1.